The van der Waals surface area contributed by atoms with Crippen molar-refractivity contribution >= 4 is 16.6 Å². The first-order valence-corrected chi connectivity index (χ1v) is 6.76. The number of fused-ring (bicyclic) bond motifs is 1. The first-order chi connectivity index (χ1) is 9.79. The molecule has 0 saturated heterocycles. The molecule has 0 bridgehead atoms. The Labute approximate surface area is 117 Å². The largest absolute Gasteiger partial charge is 0.508 e. The van der Waals surface area contributed by atoms with Crippen molar-refractivity contribution in [3.63, 3.8) is 0 Å². The summed E-state index contributed by atoms with van der Waals surface area (Å²) < 4.78 is 0. The predicted octanol–water partition coefficient (Wildman–Crippen LogP) is 3.83. The Morgan fingerprint density at radius 1 is 1.20 bits per heavy atom. The van der Waals surface area contributed by atoms with Crippen LogP contribution in [0, 0.1) is 0 Å². The molecule has 102 valence electrons. The lowest BCUT2D eigenvalue weighted by molar-refractivity contribution is 0.463. The van der Waals surface area contributed by atoms with Gasteiger partial charge in [-0.1, -0.05) is 31.2 Å². The van der Waals surface area contributed by atoms with Crippen LogP contribution in [0.4, 0.5) is 5.69 Å². The van der Waals surface area contributed by atoms with Gasteiger partial charge in [0.2, 0.25) is 0 Å². The molecule has 3 N–H and O–H groups in total. The fraction of sp³-hybridized carbons (Fsp3) is 0.188. The predicted molar refractivity (Wildman–Crippen MR) is 80.9 cm³/mol. The van der Waals surface area contributed by atoms with Crippen LogP contribution in [0.5, 0.6) is 5.75 Å². The summed E-state index contributed by atoms with van der Waals surface area (Å²) in [5.74, 6) is 0.325. The topological polar surface area (TPSA) is 60.9 Å². The molecule has 0 aliphatic heterocycles. The Bertz CT molecular complexity index is 720. The molecule has 0 aliphatic rings. The van der Waals surface area contributed by atoms with E-state index in [-0.39, 0.29) is 6.04 Å². The molecule has 1 unspecified atom stereocenters. The summed E-state index contributed by atoms with van der Waals surface area (Å²) in [4.78, 5) is 0. The zero-order chi connectivity index (χ0) is 13.9. The van der Waals surface area contributed by atoms with E-state index in [1.54, 1.807) is 6.07 Å². The Hall–Kier alpha value is -2.49. The van der Waals surface area contributed by atoms with E-state index in [1.165, 1.54) is 0 Å². The standard InChI is InChI=1S/C16H17N3O/c1-2-13(11-6-3-4-9-16(11)20)18-14-7-5-8-15-12(14)10-17-19-15/h3-10,13,18,20H,2H2,1H3,(H,17,19). The maximum absolute atomic E-state index is 10.0. The van der Waals surface area contributed by atoms with Gasteiger partial charge in [0, 0.05) is 16.6 Å². The van der Waals surface area contributed by atoms with Gasteiger partial charge in [-0.2, -0.15) is 5.10 Å². The van der Waals surface area contributed by atoms with E-state index in [0.717, 1.165) is 28.6 Å². The number of aromatic nitrogens is 2. The normalized spacial score (nSPS) is 12.4. The minimum atomic E-state index is 0.0664. The highest BCUT2D eigenvalue weighted by molar-refractivity contribution is 5.91. The molecule has 3 aromatic rings. The summed E-state index contributed by atoms with van der Waals surface area (Å²) in [6, 6.07) is 13.5. The smallest absolute Gasteiger partial charge is 0.120 e. The zero-order valence-electron chi connectivity index (χ0n) is 11.3. The number of rotatable bonds is 4. The first-order valence-electron chi connectivity index (χ1n) is 6.76. The van der Waals surface area contributed by atoms with Crippen molar-refractivity contribution < 1.29 is 5.11 Å². The molecule has 0 radical (unpaired) electrons. The summed E-state index contributed by atoms with van der Waals surface area (Å²) in [6.45, 7) is 2.10. The second kappa shape index (κ2) is 5.25. The van der Waals surface area contributed by atoms with Crippen molar-refractivity contribution in [1.29, 1.82) is 0 Å². The SMILES string of the molecule is CCC(Nc1cccc2[nH]ncc12)c1ccccc1O. The van der Waals surface area contributed by atoms with Crippen LogP contribution in [0.15, 0.2) is 48.7 Å². The van der Waals surface area contributed by atoms with Gasteiger partial charge in [-0.3, -0.25) is 5.10 Å². The van der Waals surface area contributed by atoms with Crippen molar-refractivity contribution in [3.05, 3.63) is 54.2 Å². The van der Waals surface area contributed by atoms with Crippen molar-refractivity contribution in [2.45, 2.75) is 19.4 Å². The molecule has 1 heterocycles. The molecule has 0 amide bonds. The second-order valence-corrected chi connectivity index (χ2v) is 4.80. The maximum atomic E-state index is 10.0. The van der Waals surface area contributed by atoms with Crippen LogP contribution in [-0.4, -0.2) is 15.3 Å². The van der Waals surface area contributed by atoms with Crippen molar-refractivity contribution in [2.24, 2.45) is 0 Å². The molecule has 4 nitrogen and oxygen atoms in total. The van der Waals surface area contributed by atoms with Crippen molar-refractivity contribution in [3.8, 4) is 5.75 Å². The van der Waals surface area contributed by atoms with Crippen molar-refractivity contribution in [2.75, 3.05) is 5.32 Å². The van der Waals surface area contributed by atoms with Gasteiger partial charge in [0.1, 0.15) is 5.75 Å². The van der Waals surface area contributed by atoms with Crippen LogP contribution in [0.3, 0.4) is 0 Å². The molecular weight excluding hydrogens is 250 g/mol. The summed E-state index contributed by atoms with van der Waals surface area (Å²) in [7, 11) is 0. The Balaban J connectivity index is 1.96. The van der Waals surface area contributed by atoms with Crippen LogP contribution >= 0.6 is 0 Å². The third-order valence-electron chi connectivity index (χ3n) is 3.53. The lowest BCUT2D eigenvalue weighted by Crippen LogP contribution is -2.10. The number of aromatic hydroxyl groups is 1. The van der Waals surface area contributed by atoms with Crippen molar-refractivity contribution in [1.82, 2.24) is 10.2 Å². The van der Waals surface area contributed by atoms with E-state index in [2.05, 4.69) is 22.4 Å². The van der Waals surface area contributed by atoms with Gasteiger partial charge in [-0.05, 0) is 24.6 Å². The highest BCUT2D eigenvalue weighted by atomic mass is 16.3. The average Bonchev–Trinajstić information content (AvgIpc) is 2.95. The second-order valence-electron chi connectivity index (χ2n) is 4.80. The Kier molecular flexibility index (Phi) is 3.29. The maximum Gasteiger partial charge on any atom is 0.120 e. The van der Waals surface area contributed by atoms with Gasteiger partial charge in [0.05, 0.1) is 17.8 Å². The lowest BCUT2D eigenvalue weighted by atomic mass is 10.0. The summed E-state index contributed by atoms with van der Waals surface area (Å²) >= 11 is 0. The Morgan fingerprint density at radius 3 is 2.85 bits per heavy atom. The molecule has 0 aliphatic carbocycles. The van der Waals surface area contributed by atoms with E-state index in [9.17, 15) is 5.11 Å². The number of H-pyrrole nitrogens is 1. The number of hydrogen-bond acceptors (Lipinski definition) is 3. The van der Waals surface area contributed by atoms with Gasteiger partial charge in [-0.15, -0.1) is 0 Å². The van der Waals surface area contributed by atoms with Crippen LogP contribution in [0.25, 0.3) is 10.9 Å². The number of para-hydroxylation sites is 1. The van der Waals surface area contributed by atoms with Crippen LogP contribution in [-0.2, 0) is 0 Å². The fourth-order valence-electron chi connectivity index (χ4n) is 2.46. The zero-order valence-corrected chi connectivity index (χ0v) is 11.3. The first kappa shape index (κ1) is 12.5. The quantitative estimate of drug-likeness (QED) is 0.673. The van der Waals surface area contributed by atoms with Gasteiger partial charge in [0.15, 0.2) is 0 Å². The average molecular weight is 267 g/mol. The number of hydrogen-bond donors (Lipinski definition) is 3. The Morgan fingerprint density at radius 2 is 2.05 bits per heavy atom. The molecule has 1 aromatic heterocycles. The third-order valence-corrected chi connectivity index (χ3v) is 3.53. The molecule has 0 saturated carbocycles. The summed E-state index contributed by atoms with van der Waals surface area (Å²) in [5, 5.41) is 21.6. The van der Waals surface area contributed by atoms with Gasteiger partial charge in [0.25, 0.3) is 0 Å². The van der Waals surface area contributed by atoms with E-state index < -0.39 is 0 Å². The molecule has 3 rings (SSSR count). The fourth-order valence-corrected chi connectivity index (χ4v) is 2.46. The van der Waals surface area contributed by atoms with E-state index in [0.29, 0.717) is 5.75 Å². The van der Waals surface area contributed by atoms with Crippen LogP contribution < -0.4 is 5.32 Å². The van der Waals surface area contributed by atoms with E-state index in [1.807, 2.05) is 42.6 Å². The highest BCUT2D eigenvalue weighted by Gasteiger charge is 2.14. The van der Waals surface area contributed by atoms with Gasteiger partial charge in [-0.25, -0.2) is 0 Å². The van der Waals surface area contributed by atoms with E-state index >= 15 is 0 Å². The van der Waals surface area contributed by atoms with Crippen LogP contribution in [0.1, 0.15) is 24.9 Å². The molecule has 4 heteroatoms. The molecule has 2 aromatic carbocycles. The number of nitrogens with zero attached hydrogens (tertiary/aromatic N) is 1. The third kappa shape index (κ3) is 2.20. The van der Waals surface area contributed by atoms with Gasteiger partial charge >= 0.3 is 0 Å². The minimum Gasteiger partial charge on any atom is -0.508 e. The monoisotopic (exact) mass is 267 g/mol. The van der Waals surface area contributed by atoms with E-state index in [4.69, 9.17) is 0 Å². The molecule has 20 heavy (non-hydrogen) atoms. The highest BCUT2D eigenvalue weighted by Crippen LogP contribution is 2.31. The molecule has 1 atom stereocenters. The number of phenols is 1. The van der Waals surface area contributed by atoms with Gasteiger partial charge < -0.3 is 10.4 Å². The minimum absolute atomic E-state index is 0.0664. The number of anilines is 1. The number of phenolic OH excluding ortho intramolecular Hbond substituents is 1. The number of nitrogens with one attached hydrogen (secondary N) is 2. The molecule has 0 fully saturated rings. The molecule has 0 spiro atoms. The van der Waals surface area contributed by atoms with Crippen LogP contribution in [0.2, 0.25) is 0 Å². The summed E-state index contributed by atoms with van der Waals surface area (Å²) in [5.41, 5.74) is 2.93. The summed E-state index contributed by atoms with van der Waals surface area (Å²) in [6.07, 6.45) is 2.70. The number of benzene rings is 2. The molecular formula is C16H17N3O. The lowest BCUT2D eigenvalue weighted by Gasteiger charge is -2.20. The number of aromatic amines is 1.